The molecule has 1 aromatic carbocycles. The van der Waals surface area contributed by atoms with E-state index < -0.39 is 64.8 Å². The number of hydrogen-bond acceptors (Lipinski definition) is 10. The Morgan fingerprint density at radius 2 is 1.90 bits per heavy atom. The minimum absolute atomic E-state index is 0.0268. The molecule has 262 valence electrons. The molecule has 48 heavy (non-hydrogen) atoms. The first kappa shape index (κ1) is 35.1. The Morgan fingerprint density at radius 3 is 2.52 bits per heavy atom. The number of benzene rings is 1. The number of phenols is 1. The average Bonchev–Trinajstić information content (AvgIpc) is 3.38. The summed E-state index contributed by atoms with van der Waals surface area (Å²) in [6.07, 6.45) is 2.00. The van der Waals surface area contributed by atoms with Gasteiger partial charge in [0, 0.05) is 30.9 Å². The predicted octanol–water partition coefficient (Wildman–Crippen LogP) is 2.23. The SMILES string of the molecule is CCC[C@H](NC(=O)[C@@H]1C[C@]2(CC(c3ccc(C)c(O)c3)=NO2)CN1C(=O)[C@@H](NC(=O)O[C@H]1CCOC1)C(C)(C)C)C(=O)C(=O)NC1CC1. The summed E-state index contributed by atoms with van der Waals surface area (Å²) in [6.45, 7) is 9.71. The lowest BCUT2D eigenvalue weighted by molar-refractivity contribution is -0.144. The number of ether oxygens (including phenoxy) is 2. The van der Waals surface area contributed by atoms with E-state index in [9.17, 15) is 29.1 Å². The van der Waals surface area contributed by atoms with Gasteiger partial charge in [-0.2, -0.15) is 0 Å². The zero-order chi connectivity index (χ0) is 34.8. The molecule has 1 aliphatic carbocycles. The molecule has 1 saturated carbocycles. The number of amides is 4. The first-order valence-electron chi connectivity index (χ1n) is 16.7. The second kappa shape index (κ2) is 14.1. The maximum absolute atomic E-state index is 14.4. The fourth-order valence-electron chi connectivity index (χ4n) is 6.26. The number of oxime groups is 1. The van der Waals surface area contributed by atoms with Crippen LogP contribution in [0.15, 0.2) is 23.4 Å². The second-order valence-electron chi connectivity index (χ2n) is 14.5. The van der Waals surface area contributed by atoms with Crippen molar-refractivity contribution in [3.8, 4) is 5.75 Å². The number of nitrogens with zero attached hydrogens (tertiary/aromatic N) is 2. The molecular weight excluding hydrogens is 622 g/mol. The summed E-state index contributed by atoms with van der Waals surface area (Å²) in [5, 5.41) is 22.8. The molecule has 1 spiro atoms. The monoisotopic (exact) mass is 669 g/mol. The first-order chi connectivity index (χ1) is 22.7. The van der Waals surface area contributed by atoms with E-state index in [-0.39, 0.29) is 44.2 Å². The van der Waals surface area contributed by atoms with Gasteiger partial charge in [-0.1, -0.05) is 51.4 Å². The van der Waals surface area contributed by atoms with Crippen LogP contribution < -0.4 is 16.0 Å². The second-order valence-corrected chi connectivity index (χ2v) is 14.5. The number of ketones is 1. The quantitative estimate of drug-likeness (QED) is 0.257. The van der Waals surface area contributed by atoms with E-state index in [1.165, 1.54) is 4.90 Å². The molecule has 4 amide bonds. The van der Waals surface area contributed by atoms with Crippen LogP contribution in [0.4, 0.5) is 4.79 Å². The van der Waals surface area contributed by atoms with Gasteiger partial charge in [0.1, 0.15) is 23.9 Å². The Kier molecular flexibility index (Phi) is 10.3. The molecule has 0 radical (unpaired) electrons. The van der Waals surface area contributed by atoms with Crippen LogP contribution in [0.3, 0.4) is 0 Å². The lowest BCUT2D eigenvalue weighted by Crippen LogP contribution is -2.59. The van der Waals surface area contributed by atoms with Crippen LogP contribution in [-0.2, 0) is 33.5 Å². The third-order valence-electron chi connectivity index (χ3n) is 9.25. The molecule has 5 rings (SSSR count). The van der Waals surface area contributed by atoms with Gasteiger partial charge < -0.3 is 40.3 Å². The van der Waals surface area contributed by atoms with Crippen LogP contribution in [0, 0.1) is 12.3 Å². The van der Waals surface area contributed by atoms with Crippen molar-refractivity contribution >= 4 is 35.3 Å². The van der Waals surface area contributed by atoms with Crippen molar-refractivity contribution < 1.29 is 43.4 Å². The molecule has 4 N–H and O–H groups in total. The molecule has 5 atom stereocenters. The largest absolute Gasteiger partial charge is 0.508 e. The Hall–Kier alpha value is -4.20. The number of aryl methyl sites for hydroxylation is 1. The predicted molar refractivity (Wildman–Crippen MR) is 173 cm³/mol. The van der Waals surface area contributed by atoms with E-state index in [2.05, 4.69) is 21.1 Å². The van der Waals surface area contributed by atoms with Gasteiger partial charge >= 0.3 is 6.09 Å². The van der Waals surface area contributed by atoms with Crippen molar-refractivity contribution in [3.63, 3.8) is 0 Å². The lowest BCUT2D eigenvalue weighted by atomic mass is 9.85. The number of aromatic hydroxyl groups is 1. The molecule has 0 aromatic heterocycles. The lowest BCUT2D eigenvalue weighted by Gasteiger charge is -2.35. The zero-order valence-electron chi connectivity index (χ0n) is 28.3. The summed E-state index contributed by atoms with van der Waals surface area (Å²) in [6, 6.07) is 1.86. The highest BCUT2D eigenvalue weighted by Gasteiger charge is 2.56. The molecule has 0 unspecified atom stereocenters. The number of likely N-dealkylation sites (tertiary alicyclic amines) is 1. The standard InChI is InChI=1S/C34H47N5O9/c1-6-7-23(27(41)30(43)35-21-10-11-21)36-29(42)25-16-34(15-24(38-48-34)20-9-8-19(2)26(40)14-20)18-39(25)31(44)28(33(3,4)5)37-32(45)47-22-12-13-46-17-22/h8-9,14,21-23,25,28,40H,6-7,10-13,15-18H2,1-5H3,(H,35,43)(H,36,42)(H,37,45)/t22-,23-,25-,28+,34+/m0/s1. The number of nitrogens with one attached hydrogen (secondary N) is 3. The van der Waals surface area contributed by atoms with E-state index in [1.54, 1.807) is 39.8 Å². The molecule has 3 fully saturated rings. The van der Waals surface area contributed by atoms with Crippen molar-refractivity contribution in [3.05, 3.63) is 29.3 Å². The van der Waals surface area contributed by atoms with Gasteiger partial charge in [-0.05, 0) is 43.2 Å². The van der Waals surface area contributed by atoms with Crippen LogP contribution in [0.5, 0.6) is 5.75 Å². The highest BCUT2D eigenvalue weighted by Crippen LogP contribution is 2.40. The molecule has 3 heterocycles. The molecule has 2 saturated heterocycles. The third kappa shape index (κ3) is 8.08. The summed E-state index contributed by atoms with van der Waals surface area (Å²) >= 11 is 0. The Balaban J connectivity index is 1.39. The highest BCUT2D eigenvalue weighted by molar-refractivity contribution is 6.38. The van der Waals surface area contributed by atoms with Crippen LogP contribution in [0.25, 0.3) is 0 Å². The fraction of sp³-hybridized carbons (Fsp3) is 0.647. The summed E-state index contributed by atoms with van der Waals surface area (Å²) in [4.78, 5) is 74.6. The van der Waals surface area contributed by atoms with E-state index in [0.29, 0.717) is 36.3 Å². The minimum Gasteiger partial charge on any atom is -0.508 e. The maximum atomic E-state index is 14.4. The van der Waals surface area contributed by atoms with Gasteiger partial charge in [0.2, 0.25) is 17.6 Å². The van der Waals surface area contributed by atoms with E-state index >= 15 is 0 Å². The highest BCUT2D eigenvalue weighted by atomic mass is 16.7. The topological polar surface area (TPSA) is 185 Å². The molecule has 0 bridgehead atoms. The maximum Gasteiger partial charge on any atom is 0.408 e. The van der Waals surface area contributed by atoms with Gasteiger partial charge in [0.25, 0.3) is 5.91 Å². The number of alkyl carbamates (subject to hydrolysis) is 1. The molecule has 3 aliphatic heterocycles. The van der Waals surface area contributed by atoms with E-state index in [4.69, 9.17) is 14.3 Å². The van der Waals surface area contributed by atoms with Gasteiger partial charge in [-0.15, -0.1) is 0 Å². The van der Waals surface area contributed by atoms with Crippen molar-refractivity contribution in [1.29, 1.82) is 0 Å². The van der Waals surface area contributed by atoms with Gasteiger partial charge in [-0.25, -0.2) is 4.79 Å². The van der Waals surface area contributed by atoms with Gasteiger partial charge in [-0.3, -0.25) is 19.2 Å². The summed E-state index contributed by atoms with van der Waals surface area (Å²) in [5.74, 6) is -2.53. The van der Waals surface area contributed by atoms with Crippen LogP contribution >= 0.6 is 0 Å². The van der Waals surface area contributed by atoms with Crippen LogP contribution in [0.2, 0.25) is 0 Å². The summed E-state index contributed by atoms with van der Waals surface area (Å²) in [7, 11) is 0. The molecule has 14 heteroatoms. The van der Waals surface area contributed by atoms with Crippen LogP contribution in [-0.4, -0.2) is 101 Å². The summed E-state index contributed by atoms with van der Waals surface area (Å²) in [5.41, 5.74) is -0.000794. The molecule has 14 nitrogen and oxygen atoms in total. The zero-order valence-corrected chi connectivity index (χ0v) is 28.3. The van der Waals surface area contributed by atoms with Gasteiger partial charge in [0.15, 0.2) is 5.60 Å². The number of carbonyl (C=O) groups is 5. The van der Waals surface area contributed by atoms with Gasteiger partial charge in [0.05, 0.1) is 31.5 Å². The van der Waals surface area contributed by atoms with Crippen LogP contribution in [0.1, 0.15) is 83.8 Å². The molecule has 4 aliphatic rings. The molecule has 1 aromatic rings. The Bertz CT molecular complexity index is 1460. The van der Waals surface area contributed by atoms with E-state index in [1.807, 2.05) is 13.0 Å². The van der Waals surface area contributed by atoms with E-state index in [0.717, 1.165) is 12.8 Å². The number of carbonyl (C=O) groups excluding carboxylic acids is 5. The number of rotatable bonds is 11. The van der Waals surface area contributed by atoms with Crippen molar-refractivity contribution in [2.75, 3.05) is 19.8 Å². The first-order valence-corrected chi connectivity index (χ1v) is 16.7. The Labute approximate surface area is 280 Å². The van der Waals surface area contributed by atoms with Crippen molar-refractivity contribution in [1.82, 2.24) is 20.9 Å². The number of hydrogen-bond donors (Lipinski definition) is 4. The fourth-order valence-corrected chi connectivity index (χ4v) is 6.26. The minimum atomic E-state index is -1.11. The average molecular weight is 670 g/mol. The third-order valence-corrected chi connectivity index (χ3v) is 9.25. The van der Waals surface area contributed by atoms with Crippen molar-refractivity contribution in [2.45, 2.75) is 115 Å². The summed E-state index contributed by atoms with van der Waals surface area (Å²) < 4.78 is 10.8. The molecular formula is C34H47N5O9. The van der Waals surface area contributed by atoms with Crippen molar-refractivity contribution in [2.24, 2.45) is 10.6 Å². The number of Topliss-reactive ketones (excluding diaryl/α,β-unsaturated/α-hetero) is 1. The normalized spacial score (nSPS) is 24.8. The Morgan fingerprint density at radius 1 is 1.15 bits per heavy atom. The smallest absolute Gasteiger partial charge is 0.408 e. The number of phenolic OH excluding ortho intramolecular Hbond substituents is 1.